The van der Waals surface area contributed by atoms with Crippen molar-refractivity contribution in [3.63, 3.8) is 0 Å². The Bertz CT molecular complexity index is 618. The molecule has 0 unspecified atom stereocenters. The number of aryl methyl sites for hydroxylation is 1. The molecule has 0 saturated heterocycles. The second-order valence-corrected chi connectivity index (χ2v) is 5.80. The number of hydrogen-bond acceptors (Lipinski definition) is 6. The van der Waals surface area contributed by atoms with E-state index < -0.39 is 24.5 Å². The summed E-state index contributed by atoms with van der Waals surface area (Å²) >= 11 is 1.31. The molecule has 0 aliphatic rings. The molecule has 0 atom stereocenters. The molecule has 126 valence electrons. The van der Waals surface area contributed by atoms with E-state index >= 15 is 0 Å². The second kappa shape index (κ2) is 9.09. The lowest BCUT2D eigenvalue weighted by Crippen LogP contribution is -2.21. The van der Waals surface area contributed by atoms with Crippen LogP contribution in [-0.2, 0) is 25.5 Å². The molecule has 0 radical (unpaired) electrons. The van der Waals surface area contributed by atoms with Gasteiger partial charge in [-0.3, -0.25) is 4.79 Å². The van der Waals surface area contributed by atoms with Crippen LogP contribution in [0.1, 0.15) is 41.6 Å². The number of esters is 2. The van der Waals surface area contributed by atoms with Crippen LogP contribution in [0.5, 0.6) is 0 Å². The average Bonchev–Trinajstić information content (AvgIpc) is 2.81. The highest BCUT2D eigenvalue weighted by Gasteiger charge is 2.23. The van der Waals surface area contributed by atoms with Crippen molar-refractivity contribution in [1.29, 1.82) is 0 Å². The van der Waals surface area contributed by atoms with Gasteiger partial charge in [0.15, 0.2) is 6.61 Å². The standard InChI is InChI=1S/C16H21NO5S/c1-5-8-13(19)22-9-12(18)17-15-14(16(20)21-7-3)11(6-2)10(4)23-15/h5,8H,6-7,9H2,1-4H3,(H,17,18)/b8-5+. The van der Waals surface area contributed by atoms with E-state index in [1.54, 1.807) is 13.8 Å². The van der Waals surface area contributed by atoms with Crippen LogP contribution in [0.4, 0.5) is 5.00 Å². The molecule has 1 N–H and O–H groups in total. The van der Waals surface area contributed by atoms with Crippen molar-refractivity contribution in [2.24, 2.45) is 0 Å². The first-order valence-corrected chi connectivity index (χ1v) is 8.14. The first-order chi connectivity index (χ1) is 10.9. The summed E-state index contributed by atoms with van der Waals surface area (Å²) in [5.74, 6) is -1.56. The molecule has 0 spiro atoms. The maximum absolute atomic E-state index is 12.1. The molecule has 1 aromatic rings. The van der Waals surface area contributed by atoms with E-state index in [2.05, 4.69) is 5.32 Å². The Hall–Kier alpha value is -2.15. The fourth-order valence-corrected chi connectivity index (χ4v) is 3.14. The summed E-state index contributed by atoms with van der Waals surface area (Å²) in [5, 5.41) is 3.04. The van der Waals surface area contributed by atoms with Crippen LogP contribution in [0.3, 0.4) is 0 Å². The Morgan fingerprint density at radius 2 is 1.91 bits per heavy atom. The maximum Gasteiger partial charge on any atom is 0.341 e. The Morgan fingerprint density at radius 1 is 1.22 bits per heavy atom. The van der Waals surface area contributed by atoms with Gasteiger partial charge in [0.05, 0.1) is 12.2 Å². The summed E-state index contributed by atoms with van der Waals surface area (Å²) in [6.45, 7) is 7.06. The lowest BCUT2D eigenvalue weighted by Gasteiger charge is -2.08. The molecule has 1 amide bonds. The summed E-state index contributed by atoms with van der Waals surface area (Å²) in [5.41, 5.74) is 1.24. The molecule has 0 aromatic carbocycles. The maximum atomic E-state index is 12.1. The zero-order chi connectivity index (χ0) is 17.4. The number of thiophene rings is 1. The first-order valence-electron chi connectivity index (χ1n) is 7.33. The highest BCUT2D eigenvalue weighted by Crippen LogP contribution is 2.34. The van der Waals surface area contributed by atoms with E-state index in [9.17, 15) is 14.4 Å². The number of carbonyl (C=O) groups is 3. The van der Waals surface area contributed by atoms with Gasteiger partial charge in [-0.15, -0.1) is 11.3 Å². The van der Waals surface area contributed by atoms with Crippen LogP contribution in [0.25, 0.3) is 0 Å². The Morgan fingerprint density at radius 3 is 2.48 bits per heavy atom. The number of amides is 1. The molecule has 0 aliphatic carbocycles. The topological polar surface area (TPSA) is 81.7 Å². The lowest BCUT2D eigenvalue weighted by atomic mass is 10.1. The Kier molecular flexibility index (Phi) is 7.47. The van der Waals surface area contributed by atoms with Crippen LogP contribution in [0.15, 0.2) is 12.2 Å². The normalized spacial score (nSPS) is 10.6. The minimum atomic E-state index is -0.593. The van der Waals surface area contributed by atoms with Gasteiger partial charge < -0.3 is 14.8 Å². The third-order valence-electron chi connectivity index (χ3n) is 2.94. The van der Waals surface area contributed by atoms with Crippen LogP contribution in [-0.4, -0.2) is 31.1 Å². The fourth-order valence-electron chi connectivity index (χ4n) is 2.00. The summed E-state index contributed by atoms with van der Waals surface area (Å²) < 4.78 is 9.84. The number of rotatable bonds is 7. The number of anilines is 1. The molecular weight excluding hydrogens is 318 g/mol. The van der Waals surface area contributed by atoms with E-state index in [1.807, 2.05) is 13.8 Å². The quantitative estimate of drug-likeness (QED) is 0.610. The number of allylic oxidation sites excluding steroid dienone is 1. The Labute approximate surface area is 139 Å². The predicted molar refractivity (Wildman–Crippen MR) is 88.8 cm³/mol. The minimum Gasteiger partial charge on any atom is -0.462 e. The lowest BCUT2D eigenvalue weighted by molar-refractivity contribution is -0.142. The largest absolute Gasteiger partial charge is 0.462 e. The molecule has 6 nitrogen and oxygen atoms in total. The van der Waals surface area contributed by atoms with Crippen molar-refractivity contribution in [3.05, 3.63) is 28.2 Å². The third-order valence-corrected chi connectivity index (χ3v) is 4.01. The summed E-state index contributed by atoms with van der Waals surface area (Å²) in [6, 6.07) is 0. The van der Waals surface area contributed by atoms with Gasteiger partial charge in [0.1, 0.15) is 5.00 Å². The smallest absolute Gasteiger partial charge is 0.341 e. The highest BCUT2D eigenvalue weighted by molar-refractivity contribution is 7.16. The van der Waals surface area contributed by atoms with E-state index in [0.717, 1.165) is 10.4 Å². The first kappa shape index (κ1) is 18.9. The molecule has 1 rings (SSSR count). The number of hydrogen-bond donors (Lipinski definition) is 1. The summed E-state index contributed by atoms with van der Waals surface area (Å²) in [4.78, 5) is 36.2. The fraction of sp³-hybridized carbons (Fsp3) is 0.438. The number of ether oxygens (including phenoxy) is 2. The molecule has 0 aliphatic heterocycles. The van der Waals surface area contributed by atoms with E-state index in [4.69, 9.17) is 9.47 Å². The molecular formula is C16H21NO5S. The zero-order valence-corrected chi connectivity index (χ0v) is 14.5. The molecule has 23 heavy (non-hydrogen) atoms. The van der Waals surface area contributed by atoms with Crippen LogP contribution < -0.4 is 5.32 Å². The van der Waals surface area contributed by atoms with Gasteiger partial charge in [-0.1, -0.05) is 13.0 Å². The monoisotopic (exact) mass is 339 g/mol. The van der Waals surface area contributed by atoms with Gasteiger partial charge in [-0.25, -0.2) is 9.59 Å². The van der Waals surface area contributed by atoms with Crippen LogP contribution in [0.2, 0.25) is 0 Å². The number of nitrogens with one attached hydrogen (secondary N) is 1. The van der Waals surface area contributed by atoms with Gasteiger partial charge in [-0.2, -0.15) is 0 Å². The molecule has 0 bridgehead atoms. The molecule has 7 heteroatoms. The van der Waals surface area contributed by atoms with Gasteiger partial charge in [-0.05, 0) is 32.8 Å². The second-order valence-electron chi connectivity index (χ2n) is 4.57. The summed E-state index contributed by atoms with van der Waals surface area (Å²) in [7, 11) is 0. The molecule has 1 aromatic heterocycles. The molecule has 1 heterocycles. The highest BCUT2D eigenvalue weighted by atomic mass is 32.1. The van der Waals surface area contributed by atoms with Crippen molar-refractivity contribution < 1.29 is 23.9 Å². The van der Waals surface area contributed by atoms with Crippen molar-refractivity contribution in [2.45, 2.75) is 34.1 Å². The van der Waals surface area contributed by atoms with Crippen molar-refractivity contribution in [1.82, 2.24) is 0 Å². The van der Waals surface area contributed by atoms with Gasteiger partial charge >= 0.3 is 11.9 Å². The van der Waals surface area contributed by atoms with Gasteiger partial charge in [0.25, 0.3) is 5.91 Å². The predicted octanol–water partition coefficient (Wildman–Crippen LogP) is 2.85. The minimum absolute atomic E-state index is 0.255. The SMILES string of the molecule is C/C=C/C(=O)OCC(=O)Nc1sc(C)c(CC)c1C(=O)OCC. The van der Waals surface area contributed by atoms with Crippen molar-refractivity contribution >= 4 is 34.2 Å². The Balaban J connectivity index is 2.89. The average molecular weight is 339 g/mol. The van der Waals surface area contributed by atoms with Crippen molar-refractivity contribution in [3.8, 4) is 0 Å². The van der Waals surface area contributed by atoms with E-state index in [0.29, 0.717) is 17.0 Å². The molecule has 0 saturated carbocycles. The number of carbonyl (C=O) groups excluding carboxylic acids is 3. The third kappa shape index (κ3) is 5.21. The van der Waals surface area contributed by atoms with Crippen molar-refractivity contribution in [2.75, 3.05) is 18.5 Å². The van der Waals surface area contributed by atoms with Gasteiger partial charge in [0.2, 0.25) is 0 Å². The zero-order valence-electron chi connectivity index (χ0n) is 13.7. The molecule has 0 fully saturated rings. The van der Waals surface area contributed by atoms with Gasteiger partial charge in [0, 0.05) is 11.0 Å². The van der Waals surface area contributed by atoms with E-state index in [1.165, 1.54) is 23.5 Å². The summed E-state index contributed by atoms with van der Waals surface area (Å²) in [6.07, 6.45) is 3.40. The van der Waals surface area contributed by atoms with Crippen LogP contribution in [0, 0.1) is 6.92 Å². The van der Waals surface area contributed by atoms with Crippen LogP contribution >= 0.6 is 11.3 Å². The van der Waals surface area contributed by atoms with E-state index in [-0.39, 0.29) is 6.61 Å².